The summed E-state index contributed by atoms with van der Waals surface area (Å²) in [5.41, 5.74) is 2.31. The van der Waals surface area contributed by atoms with E-state index in [1.54, 1.807) is 0 Å². The van der Waals surface area contributed by atoms with Gasteiger partial charge in [0, 0.05) is 7.05 Å². The van der Waals surface area contributed by atoms with Crippen LogP contribution in [0.2, 0.25) is 0 Å². The fourth-order valence-corrected chi connectivity index (χ4v) is 3.25. The second-order valence-corrected chi connectivity index (χ2v) is 5.99. The molecule has 1 aliphatic carbocycles. The molecule has 2 aromatic rings. The first-order valence-corrected chi connectivity index (χ1v) is 7.35. The summed E-state index contributed by atoms with van der Waals surface area (Å²) in [6, 6.07) is 8.33. The van der Waals surface area contributed by atoms with Crippen LogP contribution >= 0.6 is 0 Å². The van der Waals surface area contributed by atoms with Crippen molar-refractivity contribution in [2.45, 2.75) is 32.7 Å². The highest BCUT2D eigenvalue weighted by molar-refractivity contribution is 5.75. The van der Waals surface area contributed by atoms with E-state index in [1.807, 2.05) is 6.07 Å². The van der Waals surface area contributed by atoms with Crippen LogP contribution in [0.1, 0.15) is 32.0 Å². The Balaban J connectivity index is 1.61. The molecule has 0 spiro atoms. The van der Waals surface area contributed by atoms with E-state index >= 15 is 0 Å². The molecule has 1 N–H and O–H groups in total. The van der Waals surface area contributed by atoms with Crippen LogP contribution in [0.15, 0.2) is 24.3 Å². The molecule has 2 unspecified atom stereocenters. The number of rotatable bonds is 4. The van der Waals surface area contributed by atoms with Crippen LogP contribution in [-0.4, -0.2) is 16.1 Å². The Hall–Kier alpha value is -1.35. The molecule has 19 heavy (non-hydrogen) atoms. The molecule has 102 valence electrons. The first kappa shape index (κ1) is 12.7. The molecule has 3 heteroatoms. The van der Waals surface area contributed by atoms with Gasteiger partial charge in [-0.2, -0.15) is 0 Å². The highest BCUT2D eigenvalue weighted by Gasteiger charge is 2.20. The third kappa shape index (κ3) is 2.66. The van der Waals surface area contributed by atoms with Crippen LogP contribution in [-0.2, 0) is 13.6 Å². The summed E-state index contributed by atoms with van der Waals surface area (Å²) >= 11 is 0. The molecule has 1 aromatic heterocycles. The number of nitrogens with zero attached hydrogens (tertiary/aromatic N) is 2. The van der Waals surface area contributed by atoms with Crippen molar-refractivity contribution in [2.75, 3.05) is 6.54 Å². The number of aromatic nitrogens is 2. The summed E-state index contributed by atoms with van der Waals surface area (Å²) < 4.78 is 2.19. The van der Waals surface area contributed by atoms with Gasteiger partial charge in [-0.15, -0.1) is 0 Å². The Morgan fingerprint density at radius 2 is 2.16 bits per heavy atom. The fraction of sp³-hybridized carbons (Fsp3) is 0.562. The minimum atomic E-state index is 0.865. The zero-order valence-corrected chi connectivity index (χ0v) is 11.9. The molecule has 1 fully saturated rings. The maximum absolute atomic E-state index is 4.69. The number of fused-ring (bicyclic) bond motifs is 1. The van der Waals surface area contributed by atoms with Crippen molar-refractivity contribution in [3.8, 4) is 0 Å². The number of imidazole rings is 1. The topological polar surface area (TPSA) is 29.9 Å². The van der Waals surface area contributed by atoms with Crippen molar-refractivity contribution >= 4 is 11.0 Å². The van der Waals surface area contributed by atoms with Gasteiger partial charge in [0.2, 0.25) is 0 Å². The predicted octanol–water partition coefficient (Wildman–Crippen LogP) is 3.10. The number of nitrogens with one attached hydrogen (secondary N) is 1. The molecule has 1 saturated carbocycles. The zero-order valence-electron chi connectivity index (χ0n) is 11.9. The van der Waals surface area contributed by atoms with E-state index in [0.717, 1.165) is 36.3 Å². The number of aryl methyl sites for hydroxylation is 1. The Morgan fingerprint density at radius 1 is 1.32 bits per heavy atom. The van der Waals surface area contributed by atoms with Gasteiger partial charge in [-0.1, -0.05) is 25.5 Å². The average molecular weight is 257 g/mol. The van der Waals surface area contributed by atoms with Gasteiger partial charge in [-0.3, -0.25) is 0 Å². The molecule has 0 radical (unpaired) electrons. The summed E-state index contributed by atoms with van der Waals surface area (Å²) in [6.45, 7) is 4.37. The van der Waals surface area contributed by atoms with E-state index in [4.69, 9.17) is 4.98 Å². The summed E-state index contributed by atoms with van der Waals surface area (Å²) in [6.07, 6.45) is 4.17. The van der Waals surface area contributed by atoms with Gasteiger partial charge in [0.15, 0.2) is 0 Å². The van der Waals surface area contributed by atoms with Gasteiger partial charge in [0.25, 0.3) is 0 Å². The molecule has 0 amide bonds. The molecule has 2 atom stereocenters. The van der Waals surface area contributed by atoms with Crippen molar-refractivity contribution in [3.05, 3.63) is 30.1 Å². The van der Waals surface area contributed by atoms with Gasteiger partial charge in [-0.25, -0.2) is 4.98 Å². The van der Waals surface area contributed by atoms with E-state index in [9.17, 15) is 0 Å². The van der Waals surface area contributed by atoms with Gasteiger partial charge in [-0.05, 0) is 43.4 Å². The summed E-state index contributed by atoms with van der Waals surface area (Å²) in [4.78, 5) is 4.69. The maximum Gasteiger partial charge on any atom is 0.123 e. The number of hydrogen-bond acceptors (Lipinski definition) is 2. The van der Waals surface area contributed by atoms with Crippen molar-refractivity contribution in [3.63, 3.8) is 0 Å². The summed E-state index contributed by atoms with van der Waals surface area (Å²) in [5.74, 6) is 2.92. The lowest BCUT2D eigenvalue weighted by atomic mass is 10.1. The fourth-order valence-electron chi connectivity index (χ4n) is 3.25. The quantitative estimate of drug-likeness (QED) is 0.912. The van der Waals surface area contributed by atoms with Crippen LogP contribution < -0.4 is 5.32 Å². The number of hydrogen-bond donors (Lipinski definition) is 1. The van der Waals surface area contributed by atoms with Crippen molar-refractivity contribution in [2.24, 2.45) is 18.9 Å². The molecular weight excluding hydrogens is 234 g/mol. The first-order valence-electron chi connectivity index (χ1n) is 7.35. The Morgan fingerprint density at radius 3 is 2.89 bits per heavy atom. The molecule has 1 aromatic carbocycles. The van der Waals surface area contributed by atoms with E-state index in [1.165, 1.54) is 24.8 Å². The summed E-state index contributed by atoms with van der Waals surface area (Å²) in [5, 5.41) is 3.58. The molecule has 1 aliphatic rings. The van der Waals surface area contributed by atoms with Gasteiger partial charge in [0.05, 0.1) is 17.6 Å². The third-order valence-corrected chi connectivity index (χ3v) is 4.40. The number of benzene rings is 1. The third-order valence-electron chi connectivity index (χ3n) is 4.40. The lowest BCUT2D eigenvalue weighted by molar-refractivity contribution is 0.465. The van der Waals surface area contributed by atoms with Crippen LogP contribution in [0.25, 0.3) is 11.0 Å². The largest absolute Gasteiger partial charge is 0.330 e. The van der Waals surface area contributed by atoms with E-state index in [-0.39, 0.29) is 0 Å². The second-order valence-electron chi connectivity index (χ2n) is 5.99. The van der Waals surface area contributed by atoms with Crippen LogP contribution in [0.5, 0.6) is 0 Å². The van der Waals surface area contributed by atoms with Gasteiger partial charge >= 0.3 is 0 Å². The molecule has 0 bridgehead atoms. The maximum atomic E-state index is 4.69. The van der Waals surface area contributed by atoms with Gasteiger partial charge < -0.3 is 9.88 Å². The normalized spacial score (nSPS) is 23.3. The minimum Gasteiger partial charge on any atom is -0.330 e. The van der Waals surface area contributed by atoms with Gasteiger partial charge in [0.1, 0.15) is 5.82 Å². The molecule has 0 aliphatic heterocycles. The minimum absolute atomic E-state index is 0.865. The van der Waals surface area contributed by atoms with E-state index in [2.05, 4.69) is 42.1 Å². The predicted molar refractivity (Wildman–Crippen MR) is 78.9 cm³/mol. The molecular formula is C16H23N3. The second kappa shape index (κ2) is 5.33. The summed E-state index contributed by atoms with van der Waals surface area (Å²) in [7, 11) is 2.10. The Bertz CT molecular complexity index is 558. The van der Waals surface area contributed by atoms with Crippen LogP contribution in [0.4, 0.5) is 0 Å². The van der Waals surface area contributed by atoms with E-state index < -0.39 is 0 Å². The lowest BCUT2D eigenvalue weighted by Crippen LogP contribution is -2.22. The van der Waals surface area contributed by atoms with Crippen molar-refractivity contribution < 1.29 is 0 Å². The van der Waals surface area contributed by atoms with Crippen LogP contribution in [0.3, 0.4) is 0 Å². The first-order chi connectivity index (χ1) is 9.24. The molecule has 3 rings (SSSR count). The highest BCUT2D eigenvalue weighted by Crippen LogP contribution is 2.29. The smallest absolute Gasteiger partial charge is 0.123 e. The lowest BCUT2D eigenvalue weighted by Gasteiger charge is -2.10. The highest BCUT2D eigenvalue weighted by atomic mass is 15.1. The SMILES string of the molecule is CC1CCC(CNCc2nc3ccccc3n2C)C1. The van der Waals surface area contributed by atoms with Crippen LogP contribution in [0, 0.1) is 11.8 Å². The van der Waals surface area contributed by atoms with Crippen molar-refractivity contribution in [1.29, 1.82) is 0 Å². The standard InChI is InChI=1S/C16H23N3/c1-12-7-8-13(9-12)10-17-11-16-18-14-5-3-4-6-15(14)19(16)2/h3-6,12-13,17H,7-11H2,1-2H3. The molecule has 1 heterocycles. The Labute approximate surface area is 115 Å². The average Bonchev–Trinajstić information content (AvgIpc) is 2.96. The molecule has 0 saturated heterocycles. The zero-order chi connectivity index (χ0) is 13.2. The molecule has 3 nitrogen and oxygen atoms in total. The number of para-hydroxylation sites is 2. The van der Waals surface area contributed by atoms with E-state index in [0.29, 0.717) is 0 Å². The monoisotopic (exact) mass is 257 g/mol. The van der Waals surface area contributed by atoms with Crippen molar-refractivity contribution in [1.82, 2.24) is 14.9 Å². The Kier molecular flexibility index (Phi) is 3.56.